The van der Waals surface area contributed by atoms with Crippen molar-refractivity contribution >= 4 is 22.8 Å². The Morgan fingerprint density at radius 3 is 2.96 bits per heavy atom. The molecule has 27 heavy (non-hydrogen) atoms. The molecule has 1 aliphatic carbocycles. The van der Waals surface area contributed by atoms with E-state index in [-0.39, 0.29) is 18.1 Å². The van der Waals surface area contributed by atoms with Crippen molar-refractivity contribution < 1.29 is 9.84 Å². The van der Waals surface area contributed by atoms with Gasteiger partial charge in [0.2, 0.25) is 5.95 Å². The average Bonchev–Trinajstić information content (AvgIpc) is 3.04. The quantitative estimate of drug-likeness (QED) is 0.633. The SMILES string of the molecule is COc1ccccc1Cn1cc2nc(N)nc(NC3CCCC(O)C3)c2n1. The van der Waals surface area contributed by atoms with Crippen LogP contribution < -0.4 is 15.8 Å². The van der Waals surface area contributed by atoms with Crippen LogP contribution in [0.3, 0.4) is 0 Å². The molecule has 0 aliphatic heterocycles. The number of methoxy groups -OCH3 is 1. The molecule has 1 aromatic carbocycles. The van der Waals surface area contributed by atoms with Crippen molar-refractivity contribution in [3.05, 3.63) is 36.0 Å². The van der Waals surface area contributed by atoms with Crippen molar-refractivity contribution in [2.24, 2.45) is 0 Å². The van der Waals surface area contributed by atoms with Gasteiger partial charge in [0, 0.05) is 11.6 Å². The zero-order valence-corrected chi connectivity index (χ0v) is 15.3. The smallest absolute Gasteiger partial charge is 0.222 e. The topological polar surface area (TPSA) is 111 Å². The fourth-order valence-corrected chi connectivity index (χ4v) is 3.66. The van der Waals surface area contributed by atoms with Gasteiger partial charge in [-0.1, -0.05) is 18.2 Å². The van der Waals surface area contributed by atoms with Gasteiger partial charge >= 0.3 is 0 Å². The van der Waals surface area contributed by atoms with Crippen molar-refractivity contribution in [2.75, 3.05) is 18.2 Å². The second-order valence-corrected chi connectivity index (χ2v) is 6.96. The van der Waals surface area contributed by atoms with Crippen LogP contribution in [0.25, 0.3) is 11.0 Å². The van der Waals surface area contributed by atoms with Crippen LogP contribution in [0.5, 0.6) is 5.75 Å². The largest absolute Gasteiger partial charge is 0.496 e. The van der Waals surface area contributed by atoms with E-state index in [1.807, 2.05) is 35.1 Å². The van der Waals surface area contributed by atoms with Crippen molar-refractivity contribution in [1.29, 1.82) is 0 Å². The Hall–Kier alpha value is -2.87. The third-order valence-corrected chi connectivity index (χ3v) is 4.94. The van der Waals surface area contributed by atoms with Gasteiger partial charge in [-0.15, -0.1) is 0 Å². The Morgan fingerprint density at radius 1 is 1.30 bits per heavy atom. The summed E-state index contributed by atoms with van der Waals surface area (Å²) in [5, 5.41) is 18.0. The van der Waals surface area contributed by atoms with Crippen molar-refractivity contribution in [2.45, 2.75) is 44.4 Å². The number of rotatable bonds is 5. The van der Waals surface area contributed by atoms with Gasteiger partial charge in [0.15, 0.2) is 11.3 Å². The van der Waals surface area contributed by atoms with E-state index in [1.54, 1.807) is 7.11 Å². The highest BCUT2D eigenvalue weighted by Crippen LogP contribution is 2.26. The highest BCUT2D eigenvalue weighted by Gasteiger charge is 2.22. The van der Waals surface area contributed by atoms with E-state index >= 15 is 0 Å². The number of fused-ring (bicyclic) bond motifs is 1. The molecule has 8 nitrogen and oxygen atoms in total. The van der Waals surface area contributed by atoms with Crippen LogP contribution in [0.1, 0.15) is 31.2 Å². The first-order valence-corrected chi connectivity index (χ1v) is 9.19. The number of ether oxygens (including phenoxy) is 1. The van der Waals surface area contributed by atoms with Crippen LogP contribution in [0.15, 0.2) is 30.5 Å². The van der Waals surface area contributed by atoms with Gasteiger partial charge in [-0.3, -0.25) is 4.68 Å². The number of aliphatic hydroxyl groups is 1. The number of aromatic nitrogens is 4. The summed E-state index contributed by atoms with van der Waals surface area (Å²) in [6.07, 6.45) is 5.13. The molecule has 2 heterocycles. The van der Waals surface area contributed by atoms with Gasteiger partial charge in [-0.05, 0) is 31.7 Å². The van der Waals surface area contributed by atoms with E-state index in [9.17, 15) is 5.11 Å². The lowest BCUT2D eigenvalue weighted by Crippen LogP contribution is -2.30. The molecule has 2 atom stereocenters. The number of nitrogens with zero attached hydrogens (tertiary/aromatic N) is 4. The van der Waals surface area contributed by atoms with Gasteiger partial charge in [-0.25, -0.2) is 4.98 Å². The molecule has 8 heteroatoms. The molecule has 4 N–H and O–H groups in total. The number of para-hydroxylation sites is 1. The standard InChI is InChI=1S/C19H24N6O2/c1-27-16-8-3-2-5-12(16)10-25-11-15-17(24-25)18(23-19(20)22-15)21-13-6-4-7-14(26)9-13/h2-3,5,8,11,13-14,26H,4,6-7,9-10H2,1H3,(H3,20,21,22,23). The highest BCUT2D eigenvalue weighted by molar-refractivity contribution is 5.85. The summed E-state index contributed by atoms with van der Waals surface area (Å²) in [5.74, 6) is 1.64. The molecular weight excluding hydrogens is 344 g/mol. The number of anilines is 2. The van der Waals surface area contributed by atoms with E-state index in [0.29, 0.717) is 29.8 Å². The molecule has 0 saturated heterocycles. The Kier molecular flexibility index (Phi) is 4.81. The first-order chi connectivity index (χ1) is 13.1. The fraction of sp³-hybridized carbons (Fsp3) is 0.421. The molecule has 0 radical (unpaired) electrons. The number of hydrogen-bond acceptors (Lipinski definition) is 7. The van der Waals surface area contributed by atoms with Crippen LogP contribution in [-0.4, -0.2) is 44.1 Å². The molecule has 0 bridgehead atoms. The maximum atomic E-state index is 9.91. The summed E-state index contributed by atoms with van der Waals surface area (Å²) in [6.45, 7) is 0.557. The van der Waals surface area contributed by atoms with Crippen LogP contribution in [0.2, 0.25) is 0 Å². The number of aliphatic hydroxyl groups excluding tert-OH is 1. The van der Waals surface area contributed by atoms with E-state index < -0.39 is 0 Å². The zero-order chi connectivity index (χ0) is 18.8. The predicted molar refractivity (Wildman–Crippen MR) is 104 cm³/mol. The van der Waals surface area contributed by atoms with Gasteiger partial charge in [-0.2, -0.15) is 10.1 Å². The second kappa shape index (κ2) is 7.40. The lowest BCUT2D eigenvalue weighted by Gasteiger charge is -2.27. The van der Waals surface area contributed by atoms with Crippen LogP contribution in [0, 0.1) is 0 Å². The van der Waals surface area contributed by atoms with Crippen LogP contribution in [0.4, 0.5) is 11.8 Å². The average molecular weight is 368 g/mol. The third kappa shape index (κ3) is 3.80. The maximum absolute atomic E-state index is 9.91. The van der Waals surface area contributed by atoms with Gasteiger partial charge in [0.1, 0.15) is 11.3 Å². The summed E-state index contributed by atoms with van der Waals surface area (Å²) in [5.41, 5.74) is 8.29. The van der Waals surface area contributed by atoms with Crippen molar-refractivity contribution in [1.82, 2.24) is 19.7 Å². The lowest BCUT2D eigenvalue weighted by molar-refractivity contribution is 0.124. The Balaban J connectivity index is 1.63. The summed E-state index contributed by atoms with van der Waals surface area (Å²) in [6, 6.07) is 8.01. The molecule has 1 aliphatic rings. The normalized spacial score (nSPS) is 19.9. The number of nitrogens with one attached hydrogen (secondary N) is 1. The molecule has 3 aromatic rings. The van der Waals surface area contributed by atoms with Gasteiger partial charge in [0.05, 0.1) is 26.0 Å². The van der Waals surface area contributed by atoms with Crippen molar-refractivity contribution in [3.8, 4) is 5.75 Å². The molecule has 2 aromatic heterocycles. The first kappa shape index (κ1) is 17.5. The molecule has 4 rings (SSSR count). The van der Waals surface area contributed by atoms with Crippen molar-refractivity contribution in [3.63, 3.8) is 0 Å². The number of benzene rings is 1. The Morgan fingerprint density at radius 2 is 2.15 bits per heavy atom. The molecule has 142 valence electrons. The van der Waals surface area contributed by atoms with E-state index in [1.165, 1.54) is 0 Å². The number of nitrogen functional groups attached to an aromatic ring is 1. The predicted octanol–water partition coefficient (Wildman–Crippen LogP) is 2.18. The molecule has 0 amide bonds. The zero-order valence-electron chi connectivity index (χ0n) is 15.3. The van der Waals surface area contributed by atoms with Gasteiger partial charge in [0.25, 0.3) is 0 Å². The maximum Gasteiger partial charge on any atom is 0.222 e. The number of hydrogen-bond donors (Lipinski definition) is 3. The Bertz CT molecular complexity index is 941. The minimum Gasteiger partial charge on any atom is -0.496 e. The minimum atomic E-state index is -0.269. The lowest BCUT2D eigenvalue weighted by atomic mass is 9.93. The molecule has 1 saturated carbocycles. The first-order valence-electron chi connectivity index (χ1n) is 9.19. The van der Waals surface area contributed by atoms with Crippen LogP contribution in [-0.2, 0) is 6.54 Å². The van der Waals surface area contributed by atoms with E-state index in [2.05, 4.69) is 20.4 Å². The highest BCUT2D eigenvalue weighted by atomic mass is 16.5. The molecule has 1 fully saturated rings. The summed E-state index contributed by atoms with van der Waals surface area (Å²) >= 11 is 0. The second-order valence-electron chi connectivity index (χ2n) is 6.96. The Labute approximate surface area is 157 Å². The van der Waals surface area contributed by atoms with Crippen LogP contribution >= 0.6 is 0 Å². The monoisotopic (exact) mass is 368 g/mol. The van der Waals surface area contributed by atoms with E-state index in [0.717, 1.165) is 30.6 Å². The van der Waals surface area contributed by atoms with E-state index in [4.69, 9.17) is 10.5 Å². The molecule has 0 spiro atoms. The molecular formula is C19H24N6O2. The summed E-state index contributed by atoms with van der Waals surface area (Å²) in [4.78, 5) is 8.66. The summed E-state index contributed by atoms with van der Waals surface area (Å²) in [7, 11) is 1.66. The minimum absolute atomic E-state index is 0.158. The fourth-order valence-electron chi connectivity index (χ4n) is 3.66. The van der Waals surface area contributed by atoms with Gasteiger partial charge < -0.3 is 20.9 Å². The number of nitrogens with two attached hydrogens (primary N) is 1. The molecule has 2 unspecified atom stereocenters. The third-order valence-electron chi connectivity index (χ3n) is 4.94. The summed E-state index contributed by atoms with van der Waals surface area (Å²) < 4.78 is 7.24.